The van der Waals surface area contributed by atoms with Gasteiger partial charge < -0.3 is 19.4 Å². The molecule has 1 aliphatic rings. The molecule has 4 aromatic carbocycles. The molecule has 7 nitrogen and oxygen atoms in total. The molecule has 6 rings (SSSR count). The van der Waals surface area contributed by atoms with E-state index in [0.717, 1.165) is 52.5 Å². The zero-order valence-corrected chi connectivity index (χ0v) is 24.2. The minimum Gasteiger partial charge on any atom is -0.456 e. The molecule has 0 saturated carbocycles. The van der Waals surface area contributed by atoms with Gasteiger partial charge in [0.15, 0.2) is 0 Å². The van der Waals surface area contributed by atoms with E-state index in [2.05, 4.69) is 28.4 Å². The van der Waals surface area contributed by atoms with Crippen LogP contribution in [-0.2, 0) is 11.3 Å². The Labute approximate surface area is 245 Å². The maximum atomic E-state index is 13.2. The number of hydrogen-bond acceptors (Lipinski definition) is 5. The smallest absolute Gasteiger partial charge is 0.410 e. The van der Waals surface area contributed by atoms with Gasteiger partial charge in [-0.25, -0.2) is 4.79 Å². The monoisotopic (exact) mass is 561 g/mol. The molecule has 1 N–H and O–H groups in total. The fraction of sp³-hybridized carbons (Fsp3) is 0.257. The predicted octanol–water partition coefficient (Wildman–Crippen LogP) is 7.56. The molecule has 0 atom stereocenters. The summed E-state index contributed by atoms with van der Waals surface area (Å²) in [5.41, 5.74) is 3.57. The molecule has 7 heteroatoms. The summed E-state index contributed by atoms with van der Waals surface area (Å²) in [5.74, 6) is 0.529. The molecule has 2 amide bonds. The van der Waals surface area contributed by atoms with Crippen molar-refractivity contribution in [2.75, 3.05) is 31.5 Å². The molecule has 0 aliphatic carbocycles. The number of fused-ring (bicyclic) bond motifs is 2. The van der Waals surface area contributed by atoms with Crippen LogP contribution in [0.5, 0.6) is 0 Å². The van der Waals surface area contributed by atoms with Crippen molar-refractivity contribution in [3.8, 4) is 11.3 Å². The standard InChI is InChI=1S/C35H35N3O4/c1-35(2,3)42-34(40)38-18-16-37(17-19-38)23-24-12-13-27-22-32(41-31(27)20-24)29-10-6-7-11-30(29)36-33(39)28-15-14-25-8-4-5-9-26(25)21-28/h4-15,20-22H,16-19,23H2,1-3H3,(H,36,39). The number of piperazine rings is 1. The molecule has 1 aromatic heterocycles. The summed E-state index contributed by atoms with van der Waals surface area (Å²) in [7, 11) is 0. The Bertz CT molecular complexity index is 1760. The van der Waals surface area contributed by atoms with Crippen molar-refractivity contribution in [3.63, 3.8) is 0 Å². The average Bonchev–Trinajstić information content (AvgIpc) is 3.40. The first-order valence-electron chi connectivity index (χ1n) is 14.3. The van der Waals surface area contributed by atoms with E-state index in [1.807, 2.05) is 93.6 Å². The second-order valence-electron chi connectivity index (χ2n) is 11.8. The van der Waals surface area contributed by atoms with Crippen molar-refractivity contribution in [1.29, 1.82) is 0 Å². The van der Waals surface area contributed by atoms with Crippen LogP contribution >= 0.6 is 0 Å². The van der Waals surface area contributed by atoms with Gasteiger partial charge in [0, 0.05) is 49.2 Å². The van der Waals surface area contributed by atoms with Gasteiger partial charge in [-0.1, -0.05) is 54.6 Å². The number of para-hydroxylation sites is 1. The van der Waals surface area contributed by atoms with Gasteiger partial charge in [-0.2, -0.15) is 0 Å². The summed E-state index contributed by atoms with van der Waals surface area (Å²) in [5, 5.41) is 6.20. The van der Waals surface area contributed by atoms with Crippen LogP contribution in [0.25, 0.3) is 33.1 Å². The average molecular weight is 562 g/mol. The van der Waals surface area contributed by atoms with Crippen LogP contribution in [-0.4, -0.2) is 53.6 Å². The third-order valence-corrected chi connectivity index (χ3v) is 7.47. The van der Waals surface area contributed by atoms with Gasteiger partial charge in [-0.05, 0) is 73.5 Å². The van der Waals surface area contributed by atoms with Crippen LogP contribution in [0.15, 0.2) is 95.4 Å². The number of hydrogen-bond donors (Lipinski definition) is 1. The molecule has 1 saturated heterocycles. The van der Waals surface area contributed by atoms with Crippen LogP contribution in [0.1, 0.15) is 36.7 Å². The lowest BCUT2D eigenvalue weighted by Crippen LogP contribution is -2.49. The van der Waals surface area contributed by atoms with Crippen molar-refractivity contribution in [1.82, 2.24) is 9.80 Å². The highest BCUT2D eigenvalue weighted by atomic mass is 16.6. The lowest BCUT2D eigenvalue weighted by Gasteiger charge is -2.35. The molecule has 1 fully saturated rings. The number of furan rings is 1. The van der Waals surface area contributed by atoms with Crippen LogP contribution < -0.4 is 5.32 Å². The number of nitrogens with one attached hydrogen (secondary N) is 1. The Morgan fingerprint density at radius 2 is 1.52 bits per heavy atom. The molecule has 214 valence electrons. The van der Waals surface area contributed by atoms with Crippen molar-refractivity contribution in [3.05, 3.63) is 102 Å². The highest BCUT2D eigenvalue weighted by molar-refractivity contribution is 6.08. The number of benzene rings is 4. The molecular weight excluding hydrogens is 526 g/mol. The van der Waals surface area contributed by atoms with Gasteiger partial charge >= 0.3 is 6.09 Å². The highest BCUT2D eigenvalue weighted by Crippen LogP contribution is 2.34. The van der Waals surface area contributed by atoms with E-state index in [0.29, 0.717) is 30.1 Å². The largest absolute Gasteiger partial charge is 0.456 e. The van der Waals surface area contributed by atoms with E-state index in [4.69, 9.17) is 9.15 Å². The number of nitrogens with zero attached hydrogens (tertiary/aromatic N) is 2. The van der Waals surface area contributed by atoms with E-state index in [-0.39, 0.29) is 12.0 Å². The quantitative estimate of drug-likeness (QED) is 0.240. The first-order chi connectivity index (χ1) is 20.2. The number of rotatable bonds is 5. The Morgan fingerprint density at radius 3 is 2.31 bits per heavy atom. The predicted molar refractivity (Wildman–Crippen MR) is 167 cm³/mol. The summed E-state index contributed by atoms with van der Waals surface area (Å²) in [4.78, 5) is 29.7. The molecule has 2 heterocycles. The van der Waals surface area contributed by atoms with Gasteiger partial charge in [0.1, 0.15) is 16.9 Å². The summed E-state index contributed by atoms with van der Waals surface area (Å²) >= 11 is 0. The summed E-state index contributed by atoms with van der Waals surface area (Å²) < 4.78 is 11.8. The fourth-order valence-corrected chi connectivity index (χ4v) is 5.31. The SMILES string of the molecule is CC(C)(C)OC(=O)N1CCN(Cc2ccc3cc(-c4ccccc4NC(=O)c4ccc5ccccc5c4)oc3c2)CC1. The Morgan fingerprint density at radius 1 is 0.810 bits per heavy atom. The number of carbonyl (C=O) groups excluding carboxylic acids is 2. The number of anilines is 1. The summed E-state index contributed by atoms with van der Waals surface area (Å²) in [6.45, 7) is 9.28. The molecule has 0 radical (unpaired) electrons. The van der Waals surface area contributed by atoms with Gasteiger partial charge in [-0.15, -0.1) is 0 Å². The Kier molecular flexibility index (Phi) is 7.43. The second kappa shape index (κ2) is 11.3. The van der Waals surface area contributed by atoms with Gasteiger partial charge in [-0.3, -0.25) is 9.69 Å². The molecule has 0 spiro atoms. The third-order valence-electron chi connectivity index (χ3n) is 7.47. The Hall–Kier alpha value is -4.62. The van der Waals surface area contributed by atoms with Crippen molar-refractivity contribution >= 4 is 39.4 Å². The van der Waals surface area contributed by atoms with E-state index in [1.165, 1.54) is 0 Å². The third kappa shape index (κ3) is 6.16. The van der Waals surface area contributed by atoms with Crippen molar-refractivity contribution in [2.45, 2.75) is 32.9 Å². The topological polar surface area (TPSA) is 75.0 Å². The Balaban J connectivity index is 1.15. The number of carbonyl (C=O) groups is 2. The summed E-state index contributed by atoms with van der Waals surface area (Å²) in [6.07, 6.45) is -0.250. The highest BCUT2D eigenvalue weighted by Gasteiger charge is 2.26. The fourth-order valence-electron chi connectivity index (χ4n) is 5.31. The minimum absolute atomic E-state index is 0.168. The van der Waals surface area contributed by atoms with Gasteiger partial charge in [0.05, 0.1) is 5.69 Å². The lowest BCUT2D eigenvalue weighted by atomic mass is 10.1. The normalized spacial score (nSPS) is 14.3. The van der Waals surface area contributed by atoms with Crippen molar-refractivity contribution in [2.24, 2.45) is 0 Å². The van der Waals surface area contributed by atoms with Gasteiger partial charge in [0.2, 0.25) is 0 Å². The molecule has 1 aliphatic heterocycles. The minimum atomic E-state index is -0.491. The van der Waals surface area contributed by atoms with Gasteiger partial charge in [0.25, 0.3) is 5.91 Å². The molecule has 42 heavy (non-hydrogen) atoms. The van der Waals surface area contributed by atoms with E-state index < -0.39 is 5.60 Å². The molecular formula is C35H35N3O4. The van der Waals surface area contributed by atoms with E-state index >= 15 is 0 Å². The van der Waals surface area contributed by atoms with Crippen LogP contribution in [0, 0.1) is 0 Å². The maximum absolute atomic E-state index is 13.2. The lowest BCUT2D eigenvalue weighted by molar-refractivity contribution is 0.0139. The molecule has 0 bridgehead atoms. The first-order valence-corrected chi connectivity index (χ1v) is 14.3. The number of amides is 2. The van der Waals surface area contributed by atoms with Crippen LogP contribution in [0.4, 0.5) is 10.5 Å². The molecule has 5 aromatic rings. The van der Waals surface area contributed by atoms with Crippen molar-refractivity contribution < 1.29 is 18.7 Å². The summed E-state index contributed by atoms with van der Waals surface area (Å²) in [6, 6.07) is 29.7. The van der Waals surface area contributed by atoms with Crippen LogP contribution in [0.3, 0.4) is 0 Å². The maximum Gasteiger partial charge on any atom is 0.410 e. The first kappa shape index (κ1) is 27.5. The molecule has 0 unspecified atom stereocenters. The van der Waals surface area contributed by atoms with Crippen LogP contribution in [0.2, 0.25) is 0 Å². The van der Waals surface area contributed by atoms with E-state index in [1.54, 1.807) is 4.90 Å². The van der Waals surface area contributed by atoms with E-state index in [9.17, 15) is 9.59 Å². The zero-order valence-electron chi connectivity index (χ0n) is 24.2. The zero-order chi connectivity index (χ0) is 29.3. The number of ether oxygens (including phenoxy) is 1. The second-order valence-corrected chi connectivity index (χ2v) is 11.8.